The van der Waals surface area contributed by atoms with Crippen LogP contribution < -0.4 is 4.74 Å². The zero-order valence-electron chi connectivity index (χ0n) is 23.7. The molecule has 1 fully saturated rings. The minimum atomic E-state index is -1.42. The Kier molecular flexibility index (Phi) is 6.53. The summed E-state index contributed by atoms with van der Waals surface area (Å²) >= 11 is 0. The van der Waals surface area contributed by atoms with Crippen LogP contribution in [0.5, 0.6) is 17.2 Å². The lowest BCUT2D eigenvalue weighted by Crippen LogP contribution is -2.65. The summed E-state index contributed by atoms with van der Waals surface area (Å²) in [6, 6.07) is -3.65. The summed E-state index contributed by atoms with van der Waals surface area (Å²) in [5.74, 6) is -3.93. The van der Waals surface area contributed by atoms with Crippen LogP contribution >= 0.6 is 0 Å². The fourth-order valence-corrected chi connectivity index (χ4v) is 6.08. The molecule has 1 amide bonds. The molecule has 1 aliphatic carbocycles. The maximum atomic E-state index is 14.1. The van der Waals surface area contributed by atoms with Gasteiger partial charge in [-0.25, -0.2) is 4.79 Å². The van der Waals surface area contributed by atoms with Gasteiger partial charge < -0.3 is 24.6 Å². The normalized spacial score (nSPS) is 24.3. The number of carbonyl (C=O) groups excluding carboxylic acids is 5. The van der Waals surface area contributed by atoms with Gasteiger partial charge in [-0.05, 0) is 47.7 Å². The van der Waals surface area contributed by atoms with Gasteiger partial charge in [-0.1, -0.05) is 6.08 Å². The van der Waals surface area contributed by atoms with Crippen LogP contribution in [0.3, 0.4) is 0 Å². The SMILES string of the molecule is C/C=C(/C)C(=O)OC[C@H]1C2=C(C=C3[C@H]4c5c(O)c(OC)c(C)c(O)c5C(=O)[C@@H](C(=O)N31)N4C)C(=O)C(C)=C(C)C2=O. The number of ether oxygens (including phenoxy) is 2. The first kappa shape index (κ1) is 28.0. The average molecular weight is 563 g/mol. The Morgan fingerprint density at radius 2 is 1.66 bits per heavy atom. The number of esters is 1. The number of benzene rings is 1. The van der Waals surface area contributed by atoms with E-state index in [2.05, 4.69) is 0 Å². The second kappa shape index (κ2) is 9.55. The lowest BCUT2D eigenvalue weighted by Gasteiger charge is -2.52. The molecule has 2 N–H and O–H groups in total. The first-order chi connectivity index (χ1) is 19.3. The zero-order valence-corrected chi connectivity index (χ0v) is 23.7. The van der Waals surface area contributed by atoms with Gasteiger partial charge in [-0.3, -0.25) is 24.1 Å². The van der Waals surface area contributed by atoms with E-state index in [1.807, 2.05) is 0 Å². The number of carbonyl (C=O) groups is 5. The Labute approximate surface area is 236 Å². The van der Waals surface area contributed by atoms with Crippen molar-refractivity contribution in [3.8, 4) is 17.2 Å². The van der Waals surface area contributed by atoms with E-state index < -0.39 is 65.5 Å². The number of fused-ring (bicyclic) bond motifs is 6. The average Bonchev–Trinajstić information content (AvgIpc) is 2.94. The number of likely N-dealkylation sites (N-methyl/N-ethyl adjacent to an activating group) is 1. The Morgan fingerprint density at radius 1 is 1.02 bits per heavy atom. The Morgan fingerprint density at radius 3 is 2.27 bits per heavy atom. The third kappa shape index (κ3) is 3.65. The van der Waals surface area contributed by atoms with Gasteiger partial charge in [0, 0.05) is 44.7 Å². The number of phenols is 2. The van der Waals surface area contributed by atoms with Crippen molar-refractivity contribution in [1.29, 1.82) is 0 Å². The molecule has 1 aromatic carbocycles. The molecule has 0 aromatic heterocycles. The molecule has 0 unspecified atom stereocenters. The topological polar surface area (TPSA) is 151 Å². The molecule has 2 bridgehead atoms. The fraction of sp³-hybridized carbons (Fsp3) is 0.367. The van der Waals surface area contributed by atoms with Crippen LogP contribution in [0.25, 0.3) is 0 Å². The van der Waals surface area contributed by atoms with E-state index in [0.717, 1.165) is 0 Å². The van der Waals surface area contributed by atoms with Crippen molar-refractivity contribution in [2.75, 3.05) is 20.8 Å². The lowest BCUT2D eigenvalue weighted by molar-refractivity contribution is -0.147. The van der Waals surface area contributed by atoms with Crippen molar-refractivity contribution in [2.24, 2.45) is 0 Å². The van der Waals surface area contributed by atoms with Crippen molar-refractivity contribution >= 4 is 29.2 Å². The van der Waals surface area contributed by atoms with E-state index in [1.54, 1.807) is 19.9 Å². The lowest BCUT2D eigenvalue weighted by atomic mass is 9.74. The number of piperazine rings is 1. The van der Waals surface area contributed by atoms with Crippen molar-refractivity contribution in [2.45, 2.75) is 52.7 Å². The highest BCUT2D eigenvalue weighted by molar-refractivity contribution is 6.27. The highest BCUT2D eigenvalue weighted by Crippen LogP contribution is 2.55. The number of hydrogen-bond acceptors (Lipinski definition) is 10. The van der Waals surface area contributed by atoms with Crippen molar-refractivity contribution in [3.63, 3.8) is 0 Å². The molecule has 1 saturated heterocycles. The van der Waals surface area contributed by atoms with Crippen LogP contribution in [-0.2, 0) is 23.9 Å². The number of methoxy groups -OCH3 is 1. The van der Waals surface area contributed by atoms with E-state index in [9.17, 15) is 34.2 Å². The number of rotatable bonds is 4. The van der Waals surface area contributed by atoms with Gasteiger partial charge in [0.1, 0.15) is 18.4 Å². The molecule has 4 aliphatic rings. The molecule has 214 valence electrons. The molecule has 11 heteroatoms. The second-order valence-electron chi connectivity index (χ2n) is 10.6. The van der Waals surface area contributed by atoms with Crippen LogP contribution in [0, 0.1) is 6.92 Å². The highest BCUT2D eigenvalue weighted by Gasteiger charge is 2.57. The number of hydrogen-bond donors (Lipinski definition) is 2. The van der Waals surface area contributed by atoms with Gasteiger partial charge in [0.05, 0.1) is 18.7 Å². The third-order valence-corrected chi connectivity index (χ3v) is 8.58. The van der Waals surface area contributed by atoms with Gasteiger partial charge in [0.2, 0.25) is 0 Å². The van der Waals surface area contributed by atoms with Gasteiger partial charge in [-0.2, -0.15) is 0 Å². The smallest absolute Gasteiger partial charge is 0.333 e. The van der Waals surface area contributed by atoms with E-state index in [4.69, 9.17) is 9.47 Å². The second-order valence-corrected chi connectivity index (χ2v) is 10.6. The number of amides is 1. The molecule has 3 heterocycles. The van der Waals surface area contributed by atoms with E-state index in [1.165, 1.54) is 50.8 Å². The molecule has 1 aromatic rings. The summed E-state index contributed by atoms with van der Waals surface area (Å²) in [6.45, 7) is 7.27. The summed E-state index contributed by atoms with van der Waals surface area (Å²) in [5.41, 5.74) is 0.866. The van der Waals surface area contributed by atoms with E-state index >= 15 is 0 Å². The predicted octanol–water partition coefficient (Wildman–Crippen LogP) is 2.36. The van der Waals surface area contributed by atoms with Crippen LogP contribution in [0.1, 0.15) is 55.2 Å². The minimum Gasteiger partial charge on any atom is -0.507 e. The molecule has 41 heavy (non-hydrogen) atoms. The zero-order chi connectivity index (χ0) is 30.2. The predicted molar refractivity (Wildman–Crippen MR) is 144 cm³/mol. The number of aromatic hydroxyl groups is 2. The van der Waals surface area contributed by atoms with Gasteiger partial charge in [-0.15, -0.1) is 0 Å². The Hall–Kier alpha value is -4.51. The van der Waals surface area contributed by atoms with Crippen molar-refractivity contribution in [1.82, 2.24) is 9.80 Å². The molecular weight excluding hydrogens is 532 g/mol. The van der Waals surface area contributed by atoms with Crippen LogP contribution in [0.2, 0.25) is 0 Å². The Bertz CT molecular complexity index is 1620. The maximum absolute atomic E-state index is 14.1. The number of ketones is 3. The molecule has 0 spiro atoms. The van der Waals surface area contributed by atoms with Crippen molar-refractivity contribution < 1.29 is 43.7 Å². The summed E-state index contributed by atoms with van der Waals surface area (Å²) in [7, 11) is 2.83. The molecule has 3 aliphatic heterocycles. The first-order valence-electron chi connectivity index (χ1n) is 13.0. The van der Waals surface area contributed by atoms with E-state index in [0.29, 0.717) is 5.57 Å². The molecule has 0 radical (unpaired) electrons. The Balaban J connectivity index is 1.79. The minimum absolute atomic E-state index is 0.0000325. The number of allylic oxidation sites excluding steroid dienone is 5. The number of nitrogens with zero attached hydrogens (tertiary/aromatic N) is 2. The van der Waals surface area contributed by atoms with Crippen LogP contribution in [0.15, 0.2) is 45.7 Å². The fourth-order valence-electron chi connectivity index (χ4n) is 6.08. The summed E-state index contributed by atoms with van der Waals surface area (Å²) in [6.07, 6.45) is 2.97. The monoisotopic (exact) mass is 562 g/mol. The van der Waals surface area contributed by atoms with Gasteiger partial charge in [0.15, 0.2) is 34.9 Å². The first-order valence-corrected chi connectivity index (χ1v) is 13.0. The van der Waals surface area contributed by atoms with Gasteiger partial charge >= 0.3 is 5.97 Å². The molecule has 0 saturated carbocycles. The van der Waals surface area contributed by atoms with Gasteiger partial charge in [0.25, 0.3) is 5.91 Å². The maximum Gasteiger partial charge on any atom is 0.333 e. The van der Waals surface area contributed by atoms with E-state index in [-0.39, 0.29) is 50.4 Å². The summed E-state index contributed by atoms with van der Waals surface area (Å²) in [4.78, 5) is 70.3. The molecule has 11 nitrogen and oxygen atoms in total. The largest absolute Gasteiger partial charge is 0.507 e. The number of Topliss-reactive ketones (excluding diaryl/α,β-unsaturated/α-hetero) is 3. The molecule has 5 rings (SSSR count). The standard InChI is InChI=1S/C30H30N2O9/c1-8-11(2)30(39)41-10-17-18-15(23(33)12(3)13(4)24(18)34)9-16-21-19-20(25(35)14(5)28(40-7)27(19)37)26(36)22(31(21)6)29(38)32(16)17/h8-9,17,21-22,35,37H,10H2,1-7H3/b11-8-/t17-,21-,22-/m0/s1. The molecular formula is C30H30N2O9. The highest BCUT2D eigenvalue weighted by atomic mass is 16.5. The van der Waals surface area contributed by atoms with Crippen LogP contribution in [-0.4, -0.2) is 82.1 Å². The van der Waals surface area contributed by atoms with Crippen molar-refractivity contribution in [3.05, 3.63) is 62.4 Å². The quantitative estimate of drug-likeness (QED) is 0.184. The summed E-state index contributed by atoms with van der Waals surface area (Å²) < 4.78 is 10.8. The summed E-state index contributed by atoms with van der Waals surface area (Å²) in [5, 5.41) is 22.3. The van der Waals surface area contributed by atoms with Crippen LogP contribution in [0.4, 0.5) is 0 Å². The number of phenolic OH excluding ortho intramolecular Hbond substituents is 2. The third-order valence-electron chi connectivity index (χ3n) is 8.58. The molecule has 3 atom stereocenters.